The zero-order chi connectivity index (χ0) is 22.2. The molecule has 2 heterocycles. The Balaban J connectivity index is 0.000000229. The molecule has 0 bridgehead atoms. The van der Waals surface area contributed by atoms with Crippen LogP contribution in [0.4, 0.5) is 5.69 Å². The van der Waals surface area contributed by atoms with Crippen molar-refractivity contribution < 1.29 is 9.30 Å². The number of anilines is 1. The van der Waals surface area contributed by atoms with Crippen LogP contribution in [0.1, 0.15) is 16.7 Å². The van der Waals surface area contributed by atoms with E-state index in [-0.39, 0.29) is 0 Å². The minimum atomic E-state index is 0.497. The molecule has 3 aromatic rings. The predicted octanol–water partition coefficient (Wildman–Crippen LogP) is 6.47. The number of benzene rings is 2. The van der Waals surface area contributed by atoms with Crippen molar-refractivity contribution in [3.8, 4) is 0 Å². The normalized spacial score (nSPS) is 13.8. The van der Waals surface area contributed by atoms with Gasteiger partial charge in [-0.3, -0.25) is 0 Å². The van der Waals surface area contributed by atoms with Gasteiger partial charge in [-0.05, 0) is 47.9 Å². The van der Waals surface area contributed by atoms with Crippen LogP contribution in [0, 0.1) is 6.92 Å². The Hall–Kier alpha value is -2.04. The van der Waals surface area contributed by atoms with Crippen LogP contribution in [0.5, 0.6) is 0 Å². The third-order valence-electron chi connectivity index (χ3n) is 4.94. The van der Waals surface area contributed by atoms with Gasteiger partial charge in [0.25, 0.3) is 0 Å². The average molecular weight is 477 g/mol. The average Bonchev–Trinajstić information content (AvgIpc) is 2.79. The van der Waals surface area contributed by atoms with Gasteiger partial charge in [-0.2, -0.15) is 0 Å². The monoisotopic (exact) mass is 475 g/mol. The molecule has 0 unspecified atom stereocenters. The van der Waals surface area contributed by atoms with Crippen molar-refractivity contribution in [3.05, 3.63) is 92.7 Å². The lowest BCUT2D eigenvalue weighted by Crippen LogP contribution is -2.36. The van der Waals surface area contributed by atoms with E-state index in [0.717, 1.165) is 31.9 Å². The summed E-state index contributed by atoms with van der Waals surface area (Å²) in [7, 11) is 2.03. The first-order valence-corrected chi connectivity index (χ1v) is 11.2. The van der Waals surface area contributed by atoms with Crippen molar-refractivity contribution in [1.82, 2.24) is 0 Å². The van der Waals surface area contributed by atoms with Crippen LogP contribution in [-0.2, 0) is 11.8 Å². The van der Waals surface area contributed by atoms with Crippen molar-refractivity contribution >= 4 is 52.6 Å². The van der Waals surface area contributed by atoms with Gasteiger partial charge in [-0.15, -0.1) is 0 Å². The van der Waals surface area contributed by atoms with Gasteiger partial charge in [0, 0.05) is 35.9 Å². The van der Waals surface area contributed by atoms with Crippen LogP contribution in [0.15, 0.2) is 60.9 Å². The Kier molecular flexibility index (Phi) is 8.79. The maximum Gasteiger partial charge on any atom is 0.169 e. The first-order valence-electron chi connectivity index (χ1n) is 10.1. The summed E-state index contributed by atoms with van der Waals surface area (Å²) in [6, 6.07) is 16.3. The van der Waals surface area contributed by atoms with E-state index in [1.807, 2.05) is 18.5 Å². The van der Waals surface area contributed by atoms with Crippen molar-refractivity contribution in [2.24, 2.45) is 7.05 Å². The van der Waals surface area contributed by atoms with E-state index < -0.39 is 0 Å². The van der Waals surface area contributed by atoms with Gasteiger partial charge in [0.15, 0.2) is 12.4 Å². The van der Waals surface area contributed by atoms with Gasteiger partial charge >= 0.3 is 0 Å². The molecule has 1 saturated heterocycles. The van der Waals surface area contributed by atoms with Crippen molar-refractivity contribution in [1.29, 1.82) is 0 Å². The second-order valence-electron chi connectivity index (χ2n) is 7.34. The van der Waals surface area contributed by atoms with Crippen LogP contribution in [0.2, 0.25) is 15.1 Å². The van der Waals surface area contributed by atoms with Crippen LogP contribution in [0.3, 0.4) is 0 Å². The first-order chi connectivity index (χ1) is 14.9. The molecule has 0 amide bonds. The zero-order valence-corrected chi connectivity index (χ0v) is 20.0. The quantitative estimate of drug-likeness (QED) is 0.318. The molecule has 2 aromatic carbocycles. The van der Waals surface area contributed by atoms with E-state index in [9.17, 15) is 0 Å². The number of aromatic nitrogens is 1. The standard InChI is InChI=1S/C18H21N2O.C7H5Cl3/c1-19-10-8-17(9-11-19)3-2-16-4-6-18(7-5-16)20-12-14-21-15-13-20;1-4-2-6(9)7(10)3-5(4)8/h2-11H,12-15H2,1H3;2-3H,1H3/q+1;. The molecule has 0 atom stereocenters. The molecule has 1 aliphatic rings. The molecule has 6 heteroatoms. The molecular formula is C25H26Cl3N2O+. The summed E-state index contributed by atoms with van der Waals surface area (Å²) in [6.45, 7) is 5.50. The lowest BCUT2D eigenvalue weighted by Gasteiger charge is -2.28. The molecule has 0 N–H and O–H groups in total. The Morgan fingerprint density at radius 3 is 1.94 bits per heavy atom. The minimum Gasteiger partial charge on any atom is -0.378 e. The molecule has 1 aliphatic heterocycles. The number of ether oxygens (including phenoxy) is 1. The lowest BCUT2D eigenvalue weighted by molar-refractivity contribution is -0.671. The fourth-order valence-corrected chi connectivity index (χ4v) is 3.66. The van der Waals surface area contributed by atoms with E-state index in [2.05, 4.69) is 65.8 Å². The molecular weight excluding hydrogens is 451 g/mol. The van der Waals surface area contributed by atoms with Crippen LogP contribution < -0.4 is 9.47 Å². The van der Waals surface area contributed by atoms with Gasteiger partial charge in [0.1, 0.15) is 7.05 Å². The number of aryl methyl sites for hydroxylation is 2. The molecule has 1 aromatic heterocycles. The predicted molar refractivity (Wildman–Crippen MR) is 132 cm³/mol. The van der Waals surface area contributed by atoms with E-state index >= 15 is 0 Å². The van der Waals surface area contributed by atoms with E-state index in [0.29, 0.717) is 15.1 Å². The summed E-state index contributed by atoms with van der Waals surface area (Å²) in [4.78, 5) is 2.37. The molecule has 1 fully saturated rings. The summed E-state index contributed by atoms with van der Waals surface area (Å²) in [5.74, 6) is 0. The van der Waals surface area contributed by atoms with Gasteiger partial charge in [-0.25, -0.2) is 4.57 Å². The van der Waals surface area contributed by atoms with Crippen LogP contribution in [-0.4, -0.2) is 26.3 Å². The highest BCUT2D eigenvalue weighted by atomic mass is 35.5. The highest BCUT2D eigenvalue weighted by molar-refractivity contribution is 6.43. The Labute approximate surface area is 199 Å². The highest BCUT2D eigenvalue weighted by Crippen LogP contribution is 2.28. The maximum absolute atomic E-state index is 5.74. The maximum atomic E-state index is 5.74. The number of halogens is 3. The summed E-state index contributed by atoms with van der Waals surface area (Å²) >= 11 is 17.1. The summed E-state index contributed by atoms with van der Waals surface area (Å²) in [5.41, 5.74) is 4.66. The number of pyridine rings is 1. The molecule has 0 aliphatic carbocycles. The largest absolute Gasteiger partial charge is 0.378 e. The molecule has 0 spiro atoms. The second kappa shape index (κ2) is 11.5. The van der Waals surface area contributed by atoms with E-state index in [4.69, 9.17) is 39.5 Å². The van der Waals surface area contributed by atoms with Gasteiger partial charge < -0.3 is 9.64 Å². The Morgan fingerprint density at radius 1 is 0.806 bits per heavy atom. The summed E-state index contributed by atoms with van der Waals surface area (Å²) < 4.78 is 7.42. The number of morpholine rings is 1. The first kappa shape index (κ1) is 23.6. The van der Waals surface area contributed by atoms with Crippen molar-refractivity contribution in [3.63, 3.8) is 0 Å². The summed E-state index contributed by atoms with van der Waals surface area (Å²) in [5, 5.41) is 1.69. The topological polar surface area (TPSA) is 16.4 Å². The Bertz CT molecular complexity index is 962. The minimum absolute atomic E-state index is 0.497. The van der Waals surface area contributed by atoms with Gasteiger partial charge in [0.05, 0.1) is 23.3 Å². The van der Waals surface area contributed by atoms with Crippen LogP contribution in [0.25, 0.3) is 12.2 Å². The Morgan fingerprint density at radius 2 is 1.35 bits per heavy atom. The molecule has 0 saturated carbocycles. The fraction of sp³-hybridized carbons (Fsp3) is 0.240. The number of rotatable bonds is 3. The van der Waals surface area contributed by atoms with Gasteiger partial charge in [-0.1, -0.05) is 59.1 Å². The number of nitrogens with zero attached hydrogens (tertiary/aromatic N) is 2. The lowest BCUT2D eigenvalue weighted by atomic mass is 10.1. The van der Waals surface area contributed by atoms with Crippen molar-refractivity contribution in [2.45, 2.75) is 6.92 Å². The number of hydrogen-bond acceptors (Lipinski definition) is 2. The molecule has 162 valence electrons. The smallest absolute Gasteiger partial charge is 0.169 e. The van der Waals surface area contributed by atoms with Crippen molar-refractivity contribution in [2.75, 3.05) is 31.2 Å². The third-order valence-corrected chi connectivity index (χ3v) is 6.07. The van der Waals surface area contributed by atoms with Crippen LogP contribution >= 0.6 is 34.8 Å². The SMILES string of the molecule is C[n+]1ccc(/C=C/c2ccc(N3CCOCC3)cc2)cc1.Cc1cc(Cl)c(Cl)cc1Cl. The van der Waals surface area contributed by atoms with Gasteiger partial charge in [0.2, 0.25) is 0 Å². The number of hydrogen-bond donors (Lipinski definition) is 0. The molecule has 31 heavy (non-hydrogen) atoms. The fourth-order valence-electron chi connectivity index (χ4n) is 3.06. The van der Waals surface area contributed by atoms with E-state index in [1.54, 1.807) is 12.1 Å². The molecule has 4 rings (SSSR count). The zero-order valence-electron chi connectivity index (χ0n) is 17.7. The summed E-state index contributed by atoms with van der Waals surface area (Å²) in [6.07, 6.45) is 8.41. The molecule has 3 nitrogen and oxygen atoms in total. The molecule has 0 radical (unpaired) electrons. The second-order valence-corrected chi connectivity index (χ2v) is 8.56. The van der Waals surface area contributed by atoms with E-state index in [1.165, 1.54) is 16.8 Å². The highest BCUT2D eigenvalue weighted by Gasteiger charge is 2.10. The third kappa shape index (κ3) is 7.26.